The number of anilines is 1. The highest BCUT2D eigenvalue weighted by atomic mass is 19.1. The van der Waals surface area contributed by atoms with E-state index in [9.17, 15) is 9.18 Å². The predicted molar refractivity (Wildman–Crippen MR) is 48.6 cm³/mol. The van der Waals surface area contributed by atoms with Gasteiger partial charge in [-0.1, -0.05) is 0 Å². The molecular formula is C8H12FN3O2. The number of hydrogen-bond acceptors (Lipinski definition) is 4. The van der Waals surface area contributed by atoms with Crippen LogP contribution in [0.2, 0.25) is 0 Å². The molecule has 1 aromatic heterocycles. The first kappa shape index (κ1) is 10.5. The van der Waals surface area contributed by atoms with Crippen molar-refractivity contribution in [1.82, 2.24) is 9.78 Å². The summed E-state index contributed by atoms with van der Waals surface area (Å²) in [6, 6.07) is 0. The van der Waals surface area contributed by atoms with Gasteiger partial charge in [-0.2, -0.15) is 5.10 Å². The van der Waals surface area contributed by atoms with Crippen molar-refractivity contribution >= 4 is 11.7 Å². The lowest BCUT2D eigenvalue weighted by Crippen LogP contribution is -2.13. The highest BCUT2D eigenvalue weighted by Gasteiger charge is 2.18. The molecule has 0 spiro atoms. The van der Waals surface area contributed by atoms with Crippen molar-refractivity contribution in [3.8, 4) is 0 Å². The molecule has 0 aliphatic heterocycles. The summed E-state index contributed by atoms with van der Waals surface area (Å²) in [6.45, 7) is 0.715. The lowest BCUT2D eigenvalue weighted by Gasteiger charge is -2.02. The second kappa shape index (κ2) is 4.08. The quantitative estimate of drug-likeness (QED) is 0.720. The first-order chi connectivity index (χ1) is 6.57. The van der Waals surface area contributed by atoms with Gasteiger partial charge in [0.05, 0.1) is 11.4 Å². The Morgan fingerprint density at radius 1 is 1.71 bits per heavy atom. The molecule has 0 aromatic carbocycles. The van der Waals surface area contributed by atoms with E-state index >= 15 is 0 Å². The Morgan fingerprint density at radius 2 is 2.36 bits per heavy atom. The number of esters is 1. The summed E-state index contributed by atoms with van der Waals surface area (Å²) in [5.74, 6) is -0.650. The summed E-state index contributed by atoms with van der Waals surface area (Å²) in [7, 11) is 1.58. The number of nitrogen functional groups attached to an aromatic ring is 1. The van der Waals surface area contributed by atoms with Crippen molar-refractivity contribution in [1.29, 1.82) is 0 Å². The third-order valence-electron chi connectivity index (χ3n) is 1.77. The number of hydrogen-bond donors (Lipinski definition) is 1. The molecule has 0 amide bonds. The van der Waals surface area contributed by atoms with Crippen molar-refractivity contribution in [3.05, 3.63) is 11.4 Å². The fraction of sp³-hybridized carbons (Fsp3) is 0.500. The lowest BCUT2D eigenvalue weighted by molar-refractivity contribution is 0.0470. The topological polar surface area (TPSA) is 70.1 Å². The molecule has 0 aliphatic carbocycles. The van der Waals surface area contributed by atoms with Crippen LogP contribution in [0.4, 0.5) is 10.1 Å². The normalized spacial score (nSPS) is 10.2. The highest BCUT2D eigenvalue weighted by Crippen LogP contribution is 2.15. The molecule has 1 aromatic rings. The molecule has 1 rings (SSSR count). The molecule has 0 atom stereocenters. The van der Waals surface area contributed by atoms with Crippen LogP contribution in [0.15, 0.2) is 0 Å². The number of alkyl halides is 1. The Morgan fingerprint density at radius 3 is 2.79 bits per heavy atom. The van der Waals surface area contributed by atoms with Gasteiger partial charge in [0.25, 0.3) is 0 Å². The Bertz CT molecular complexity index is 349. The molecule has 0 saturated carbocycles. The number of aromatic nitrogens is 2. The Kier molecular flexibility index (Phi) is 3.06. The molecule has 5 nitrogen and oxygen atoms in total. The molecular weight excluding hydrogens is 189 g/mol. The SMILES string of the molecule is Cc1nn(C)c(C(=O)OCCF)c1N. The number of nitrogens with zero attached hydrogens (tertiary/aromatic N) is 2. The molecule has 0 radical (unpaired) electrons. The number of nitrogens with two attached hydrogens (primary N) is 1. The van der Waals surface area contributed by atoms with Crippen LogP contribution < -0.4 is 5.73 Å². The van der Waals surface area contributed by atoms with E-state index in [0.29, 0.717) is 5.69 Å². The highest BCUT2D eigenvalue weighted by molar-refractivity contribution is 5.93. The second-order valence-corrected chi connectivity index (χ2v) is 2.80. The smallest absolute Gasteiger partial charge is 0.358 e. The van der Waals surface area contributed by atoms with E-state index in [4.69, 9.17) is 5.73 Å². The van der Waals surface area contributed by atoms with Crippen molar-refractivity contribution in [3.63, 3.8) is 0 Å². The van der Waals surface area contributed by atoms with Gasteiger partial charge in [0.2, 0.25) is 0 Å². The van der Waals surface area contributed by atoms with Gasteiger partial charge in [-0.25, -0.2) is 9.18 Å². The third kappa shape index (κ3) is 1.84. The van der Waals surface area contributed by atoms with Gasteiger partial charge >= 0.3 is 5.97 Å². The molecule has 0 bridgehead atoms. The Hall–Kier alpha value is -1.59. The van der Waals surface area contributed by atoms with Crippen molar-refractivity contribution in [2.45, 2.75) is 6.92 Å². The van der Waals surface area contributed by atoms with Crippen LogP contribution in [0, 0.1) is 6.92 Å². The summed E-state index contributed by atoms with van der Waals surface area (Å²) in [5.41, 5.74) is 6.59. The monoisotopic (exact) mass is 201 g/mol. The molecule has 1 heterocycles. The van der Waals surface area contributed by atoms with Crippen LogP contribution in [0.1, 0.15) is 16.2 Å². The van der Waals surface area contributed by atoms with Crippen LogP contribution in [0.3, 0.4) is 0 Å². The average molecular weight is 201 g/mol. The zero-order valence-corrected chi connectivity index (χ0v) is 8.08. The molecule has 0 fully saturated rings. The third-order valence-corrected chi connectivity index (χ3v) is 1.77. The van der Waals surface area contributed by atoms with Gasteiger partial charge in [0, 0.05) is 7.05 Å². The summed E-state index contributed by atoms with van der Waals surface area (Å²) in [4.78, 5) is 11.3. The number of ether oxygens (including phenoxy) is 1. The van der Waals surface area contributed by atoms with Gasteiger partial charge in [0.1, 0.15) is 13.3 Å². The van der Waals surface area contributed by atoms with Gasteiger partial charge in [0.15, 0.2) is 5.69 Å². The van der Waals surface area contributed by atoms with Crippen LogP contribution in [-0.2, 0) is 11.8 Å². The van der Waals surface area contributed by atoms with Gasteiger partial charge in [-0.3, -0.25) is 4.68 Å². The number of aryl methyl sites for hydroxylation is 2. The van der Waals surface area contributed by atoms with E-state index in [1.807, 2.05) is 0 Å². The standard InChI is InChI=1S/C8H12FN3O2/c1-5-6(10)7(12(2)11-5)8(13)14-4-3-9/h3-4,10H2,1-2H3. The minimum Gasteiger partial charge on any atom is -0.458 e. The minimum atomic E-state index is -0.706. The number of carbonyl (C=O) groups excluding carboxylic acids is 1. The fourth-order valence-electron chi connectivity index (χ4n) is 1.12. The predicted octanol–water partition coefficient (Wildman–Crippen LogP) is 0.437. The van der Waals surface area contributed by atoms with Crippen molar-refractivity contribution < 1.29 is 13.9 Å². The van der Waals surface area contributed by atoms with Crippen LogP contribution in [-0.4, -0.2) is 29.0 Å². The van der Waals surface area contributed by atoms with Crippen molar-refractivity contribution in [2.24, 2.45) is 7.05 Å². The summed E-state index contributed by atoms with van der Waals surface area (Å²) >= 11 is 0. The first-order valence-electron chi connectivity index (χ1n) is 4.10. The lowest BCUT2D eigenvalue weighted by atomic mass is 10.3. The molecule has 0 aliphatic rings. The zero-order valence-electron chi connectivity index (χ0n) is 8.08. The summed E-state index contributed by atoms with van der Waals surface area (Å²) in [6.07, 6.45) is 0. The number of carbonyl (C=O) groups is 1. The largest absolute Gasteiger partial charge is 0.458 e. The molecule has 6 heteroatoms. The minimum absolute atomic E-state index is 0.163. The van der Waals surface area contributed by atoms with E-state index in [1.54, 1.807) is 14.0 Å². The molecule has 0 unspecified atom stereocenters. The van der Waals surface area contributed by atoms with Crippen LogP contribution in [0.5, 0.6) is 0 Å². The maximum atomic E-state index is 11.7. The molecule has 0 saturated heterocycles. The zero-order chi connectivity index (χ0) is 10.7. The van der Waals surface area contributed by atoms with Gasteiger partial charge in [-0.05, 0) is 6.92 Å². The summed E-state index contributed by atoms with van der Waals surface area (Å²) < 4.78 is 17.7. The van der Waals surface area contributed by atoms with Crippen LogP contribution >= 0.6 is 0 Å². The molecule has 2 N–H and O–H groups in total. The van der Waals surface area contributed by atoms with E-state index in [-0.39, 0.29) is 18.0 Å². The average Bonchev–Trinajstić information content (AvgIpc) is 2.38. The van der Waals surface area contributed by atoms with Gasteiger partial charge in [-0.15, -0.1) is 0 Å². The van der Waals surface area contributed by atoms with E-state index in [2.05, 4.69) is 9.84 Å². The number of rotatable bonds is 3. The second-order valence-electron chi connectivity index (χ2n) is 2.80. The van der Waals surface area contributed by atoms with E-state index in [0.717, 1.165) is 0 Å². The molecule has 78 valence electrons. The maximum absolute atomic E-state index is 11.7. The van der Waals surface area contributed by atoms with Crippen LogP contribution in [0.25, 0.3) is 0 Å². The Balaban J connectivity index is 2.89. The van der Waals surface area contributed by atoms with Gasteiger partial charge < -0.3 is 10.5 Å². The maximum Gasteiger partial charge on any atom is 0.358 e. The number of halogens is 1. The first-order valence-corrected chi connectivity index (χ1v) is 4.10. The summed E-state index contributed by atoms with van der Waals surface area (Å²) in [5, 5.41) is 3.94. The van der Waals surface area contributed by atoms with E-state index in [1.165, 1.54) is 4.68 Å². The van der Waals surface area contributed by atoms with E-state index < -0.39 is 12.6 Å². The fourth-order valence-corrected chi connectivity index (χ4v) is 1.12. The van der Waals surface area contributed by atoms with Crippen molar-refractivity contribution in [2.75, 3.05) is 19.0 Å². The Labute approximate surface area is 80.6 Å². The molecule has 14 heavy (non-hydrogen) atoms.